The Morgan fingerprint density at radius 2 is 1.66 bits per heavy atom. The Morgan fingerprint density at radius 3 is 2.29 bits per heavy atom. The average Bonchev–Trinajstić information content (AvgIpc) is 2.91. The van der Waals surface area contributed by atoms with Crippen LogP contribution in [0.4, 0.5) is 4.79 Å². The number of likely N-dealkylation sites (N-methyl/N-ethyl adjacent to an activating group) is 1. The first-order valence-corrected chi connectivity index (χ1v) is 13.0. The number of methoxy groups -OCH3 is 1. The van der Waals surface area contributed by atoms with Crippen LogP contribution in [0.2, 0.25) is 0 Å². The van der Waals surface area contributed by atoms with Gasteiger partial charge in [0.1, 0.15) is 5.75 Å². The summed E-state index contributed by atoms with van der Waals surface area (Å²) >= 11 is 0. The molecule has 2 saturated heterocycles. The Kier molecular flexibility index (Phi) is 6.16. The Morgan fingerprint density at radius 1 is 1.00 bits per heavy atom. The van der Waals surface area contributed by atoms with Crippen LogP contribution in [0.5, 0.6) is 5.75 Å². The Hall–Kier alpha value is -2.79. The standard InChI is InChI=1S/C30H39N3O2/c1-7-33-29(34)32-19-25-15-22(4)16-26(35-6)28(25)23(5)17-27(32)30(33)8-10-31(11-9-30)18-24-13-20(2)12-21(3)14-24/h12-17,23H,7-11,18-19H2,1-6H3. The van der Waals surface area contributed by atoms with Crippen LogP contribution in [0.1, 0.15) is 66.0 Å². The molecule has 0 aliphatic carbocycles. The number of carbonyl (C=O) groups excluding carboxylic acids is 1. The van der Waals surface area contributed by atoms with Gasteiger partial charge in [0, 0.05) is 43.4 Å². The molecule has 3 aliphatic rings. The molecule has 3 heterocycles. The normalized spacial score (nSPS) is 21.6. The number of nitrogens with zero attached hydrogens (tertiary/aromatic N) is 3. The zero-order valence-corrected chi connectivity index (χ0v) is 22.1. The minimum atomic E-state index is -0.219. The van der Waals surface area contributed by atoms with Gasteiger partial charge in [0.15, 0.2) is 0 Å². The molecular formula is C30H39N3O2. The Labute approximate surface area is 210 Å². The topological polar surface area (TPSA) is 36.0 Å². The largest absolute Gasteiger partial charge is 0.496 e. The molecule has 2 fully saturated rings. The molecule has 5 heteroatoms. The van der Waals surface area contributed by atoms with Crippen LogP contribution in [0.25, 0.3) is 0 Å². The third kappa shape index (κ3) is 4.04. The number of aryl methyl sites for hydroxylation is 3. The molecule has 2 amide bonds. The van der Waals surface area contributed by atoms with E-state index in [-0.39, 0.29) is 17.5 Å². The molecule has 2 aromatic carbocycles. The van der Waals surface area contributed by atoms with Crippen molar-refractivity contribution in [3.63, 3.8) is 0 Å². The number of benzene rings is 2. The van der Waals surface area contributed by atoms with Crippen molar-refractivity contribution in [2.75, 3.05) is 26.7 Å². The predicted octanol–water partition coefficient (Wildman–Crippen LogP) is 5.91. The number of urea groups is 1. The van der Waals surface area contributed by atoms with Crippen LogP contribution in [0.15, 0.2) is 42.1 Å². The Bertz CT molecular complexity index is 1160. The van der Waals surface area contributed by atoms with Crippen molar-refractivity contribution in [3.05, 3.63) is 75.5 Å². The van der Waals surface area contributed by atoms with E-state index in [0.29, 0.717) is 6.54 Å². The van der Waals surface area contributed by atoms with E-state index in [1.165, 1.54) is 39.1 Å². The minimum Gasteiger partial charge on any atom is -0.496 e. The number of allylic oxidation sites excluding steroid dienone is 1. The fourth-order valence-electron chi connectivity index (χ4n) is 6.83. The average molecular weight is 474 g/mol. The molecule has 3 aliphatic heterocycles. The van der Waals surface area contributed by atoms with E-state index in [0.717, 1.165) is 44.8 Å². The Balaban J connectivity index is 1.45. The lowest BCUT2D eigenvalue weighted by molar-refractivity contribution is 0.0888. The first kappa shape index (κ1) is 23.9. The van der Waals surface area contributed by atoms with Crippen LogP contribution < -0.4 is 4.74 Å². The van der Waals surface area contributed by atoms with Gasteiger partial charge in [-0.2, -0.15) is 0 Å². The highest BCUT2D eigenvalue weighted by Crippen LogP contribution is 2.48. The van der Waals surface area contributed by atoms with Gasteiger partial charge in [-0.15, -0.1) is 0 Å². The van der Waals surface area contributed by atoms with Crippen molar-refractivity contribution in [3.8, 4) is 5.75 Å². The SMILES string of the molecule is CCN1C(=O)N2Cc3cc(C)cc(OC)c3C(C)C=C2C12CCN(Cc1cc(C)cc(C)c1)CC2. The zero-order valence-electron chi connectivity index (χ0n) is 22.1. The van der Waals surface area contributed by atoms with Gasteiger partial charge >= 0.3 is 6.03 Å². The van der Waals surface area contributed by atoms with E-state index in [4.69, 9.17) is 4.74 Å². The quantitative estimate of drug-likeness (QED) is 0.554. The fourth-order valence-corrected chi connectivity index (χ4v) is 6.83. The molecule has 0 saturated carbocycles. The van der Waals surface area contributed by atoms with E-state index in [2.05, 4.69) is 85.7 Å². The molecule has 1 spiro atoms. The maximum absolute atomic E-state index is 13.8. The van der Waals surface area contributed by atoms with E-state index in [1.54, 1.807) is 7.11 Å². The fraction of sp³-hybridized carbons (Fsp3) is 0.500. The van der Waals surface area contributed by atoms with E-state index in [1.807, 2.05) is 0 Å². The number of piperidine rings is 1. The van der Waals surface area contributed by atoms with Crippen molar-refractivity contribution in [1.82, 2.24) is 14.7 Å². The first-order valence-electron chi connectivity index (χ1n) is 13.0. The molecule has 5 rings (SSSR count). The molecule has 2 aromatic rings. The number of hydrogen-bond acceptors (Lipinski definition) is 3. The summed E-state index contributed by atoms with van der Waals surface area (Å²) in [5, 5.41) is 0. The van der Waals surface area contributed by atoms with Gasteiger partial charge in [0.05, 0.1) is 19.2 Å². The van der Waals surface area contributed by atoms with Crippen LogP contribution in [-0.4, -0.2) is 53.0 Å². The third-order valence-corrected chi connectivity index (χ3v) is 8.22. The number of carbonyl (C=O) groups is 1. The van der Waals surface area contributed by atoms with Crippen LogP contribution >= 0.6 is 0 Å². The summed E-state index contributed by atoms with van der Waals surface area (Å²) in [6.07, 6.45) is 4.30. The first-order chi connectivity index (χ1) is 16.8. The van der Waals surface area contributed by atoms with Gasteiger partial charge in [-0.05, 0) is 63.3 Å². The maximum Gasteiger partial charge on any atom is 0.325 e. The lowest BCUT2D eigenvalue weighted by atomic mass is 9.82. The van der Waals surface area contributed by atoms with E-state index in [9.17, 15) is 4.79 Å². The summed E-state index contributed by atoms with van der Waals surface area (Å²) < 4.78 is 5.79. The summed E-state index contributed by atoms with van der Waals surface area (Å²) in [6, 6.07) is 11.3. The highest BCUT2D eigenvalue weighted by atomic mass is 16.5. The summed E-state index contributed by atoms with van der Waals surface area (Å²) in [6.45, 7) is 15.1. The van der Waals surface area contributed by atoms with Gasteiger partial charge in [0.2, 0.25) is 0 Å². The highest BCUT2D eigenvalue weighted by Gasteiger charge is 2.54. The maximum atomic E-state index is 13.8. The lowest BCUT2D eigenvalue weighted by Crippen LogP contribution is -2.53. The molecule has 0 bridgehead atoms. The summed E-state index contributed by atoms with van der Waals surface area (Å²) in [7, 11) is 1.75. The molecular weight excluding hydrogens is 434 g/mol. The van der Waals surface area contributed by atoms with Crippen LogP contribution in [-0.2, 0) is 13.1 Å². The number of hydrogen-bond donors (Lipinski definition) is 0. The number of ether oxygens (including phenoxy) is 1. The van der Waals surface area contributed by atoms with Crippen molar-refractivity contribution in [2.45, 2.75) is 72.0 Å². The second-order valence-electron chi connectivity index (χ2n) is 10.8. The smallest absolute Gasteiger partial charge is 0.325 e. The van der Waals surface area contributed by atoms with E-state index >= 15 is 0 Å². The second-order valence-corrected chi connectivity index (χ2v) is 10.8. The monoisotopic (exact) mass is 473 g/mol. The number of rotatable bonds is 4. The summed E-state index contributed by atoms with van der Waals surface area (Å²) in [4.78, 5) is 20.5. The zero-order chi connectivity index (χ0) is 24.9. The lowest BCUT2D eigenvalue weighted by Gasteiger charge is -2.44. The number of amides is 2. The van der Waals surface area contributed by atoms with Crippen molar-refractivity contribution < 1.29 is 9.53 Å². The molecule has 1 atom stereocenters. The van der Waals surface area contributed by atoms with Crippen LogP contribution in [0, 0.1) is 20.8 Å². The molecule has 0 aromatic heterocycles. The number of fused-ring (bicyclic) bond motifs is 3. The molecule has 0 radical (unpaired) electrons. The molecule has 1 unspecified atom stereocenters. The third-order valence-electron chi connectivity index (χ3n) is 8.22. The second kappa shape index (κ2) is 9.02. The van der Waals surface area contributed by atoms with Gasteiger partial charge in [-0.3, -0.25) is 9.80 Å². The molecule has 186 valence electrons. The van der Waals surface area contributed by atoms with Crippen molar-refractivity contribution >= 4 is 6.03 Å². The predicted molar refractivity (Wildman–Crippen MR) is 141 cm³/mol. The van der Waals surface area contributed by atoms with Gasteiger partial charge < -0.3 is 9.64 Å². The van der Waals surface area contributed by atoms with Gasteiger partial charge in [-0.25, -0.2) is 4.79 Å². The number of likely N-dealkylation sites (tertiary alicyclic amines) is 1. The molecule has 35 heavy (non-hydrogen) atoms. The van der Waals surface area contributed by atoms with Crippen molar-refractivity contribution in [2.24, 2.45) is 0 Å². The van der Waals surface area contributed by atoms with E-state index < -0.39 is 0 Å². The van der Waals surface area contributed by atoms with Crippen LogP contribution in [0.3, 0.4) is 0 Å². The van der Waals surface area contributed by atoms with Gasteiger partial charge in [0.25, 0.3) is 0 Å². The minimum absolute atomic E-state index is 0.155. The summed E-state index contributed by atoms with van der Waals surface area (Å²) in [5.41, 5.74) is 8.62. The summed E-state index contributed by atoms with van der Waals surface area (Å²) in [5.74, 6) is 1.12. The molecule has 0 N–H and O–H groups in total. The van der Waals surface area contributed by atoms with Gasteiger partial charge in [-0.1, -0.05) is 48.4 Å². The molecule has 5 nitrogen and oxygen atoms in total. The highest BCUT2D eigenvalue weighted by molar-refractivity contribution is 5.83. The van der Waals surface area contributed by atoms with Crippen molar-refractivity contribution in [1.29, 1.82) is 0 Å².